The molecule has 0 aliphatic carbocycles. The molecule has 0 radical (unpaired) electrons. The monoisotopic (exact) mass is 241 g/mol. The lowest BCUT2D eigenvalue weighted by atomic mass is 10.2. The van der Waals surface area contributed by atoms with Gasteiger partial charge in [-0.1, -0.05) is 0 Å². The zero-order valence-corrected chi connectivity index (χ0v) is 9.97. The van der Waals surface area contributed by atoms with Crippen molar-refractivity contribution in [3.05, 3.63) is 54.0 Å². The Balaban J connectivity index is 2.46. The third kappa shape index (κ3) is 2.30. The molecule has 0 aliphatic heterocycles. The van der Waals surface area contributed by atoms with Gasteiger partial charge in [-0.05, 0) is 43.3 Å². The van der Waals surface area contributed by atoms with Crippen LogP contribution in [0.4, 0.5) is 15.9 Å². The summed E-state index contributed by atoms with van der Waals surface area (Å²) in [7, 11) is 0. The zero-order valence-electron chi connectivity index (χ0n) is 9.97. The van der Waals surface area contributed by atoms with Crippen molar-refractivity contribution in [2.24, 2.45) is 0 Å². The van der Waals surface area contributed by atoms with E-state index in [0.29, 0.717) is 17.9 Å². The number of nitrogens with zero attached hydrogens (tertiary/aromatic N) is 3. The minimum atomic E-state index is -0.281. The molecule has 0 atom stereocenters. The van der Waals surface area contributed by atoms with Crippen molar-refractivity contribution in [2.45, 2.75) is 6.92 Å². The average Bonchev–Trinajstić information content (AvgIpc) is 2.42. The standard InChI is InChI=1S/C14H12FN3/c1-2-18(13-7-5-12(15)6-8-13)14-11(10-16)4-3-9-17-14/h3-9H,2H2,1H3. The van der Waals surface area contributed by atoms with Crippen molar-refractivity contribution in [3.8, 4) is 6.07 Å². The van der Waals surface area contributed by atoms with E-state index in [1.807, 2.05) is 11.8 Å². The third-order valence-electron chi connectivity index (χ3n) is 2.62. The second-order valence-electron chi connectivity index (χ2n) is 3.71. The Morgan fingerprint density at radius 1 is 1.28 bits per heavy atom. The maximum Gasteiger partial charge on any atom is 0.150 e. The van der Waals surface area contributed by atoms with E-state index in [1.165, 1.54) is 12.1 Å². The predicted octanol–water partition coefficient (Wildman–Crippen LogP) is 3.25. The van der Waals surface area contributed by atoms with Crippen molar-refractivity contribution in [1.29, 1.82) is 5.26 Å². The van der Waals surface area contributed by atoms with Gasteiger partial charge >= 0.3 is 0 Å². The highest BCUT2D eigenvalue weighted by Gasteiger charge is 2.12. The zero-order chi connectivity index (χ0) is 13.0. The molecule has 3 nitrogen and oxygen atoms in total. The van der Waals surface area contributed by atoms with Gasteiger partial charge in [-0.25, -0.2) is 9.37 Å². The second kappa shape index (κ2) is 5.28. The van der Waals surface area contributed by atoms with Crippen LogP contribution >= 0.6 is 0 Å². The molecular weight excluding hydrogens is 229 g/mol. The molecule has 0 aliphatic rings. The molecule has 0 unspecified atom stereocenters. The molecule has 0 amide bonds. The Labute approximate surface area is 105 Å². The predicted molar refractivity (Wildman–Crippen MR) is 68.0 cm³/mol. The van der Waals surface area contributed by atoms with Crippen LogP contribution in [0, 0.1) is 17.1 Å². The van der Waals surface area contributed by atoms with E-state index in [1.54, 1.807) is 30.5 Å². The highest BCUT2D eigenvalue weighted by Crippen LogP contribution is 2.25. The molecule has 4 heteroatoms. The van der Waals surface area contributed by atoms with Crippen LogP contribution in [0.25, 0.3) is 0 Å². The molecule has 2 rings (SSSR count). The fourth-order valence-electron chi connectivity index (χ4n) is 1.77. The number of pyridine rings is 1. The first-order valence-electron chi connectivity index (χ1n) is 5.64. The van der Waals surface area contributed by atoms with Crippen LogP contribution in [0.2, 0.25) is 0 Å². The van der Waals surface area contributed by atoms with Crippen LogP contribution in [0.15, 0.2) is 42.6 Å². The van der Waals surface area contributed by atoms with Crippen molar-refractivity contribution in [2.75, 3.05) is 11.4 Å². The molecule has 1 heterocycles. The molecule has 2 aromatic rings. The number of anilines is 2. The average molecular weight is 241 g/mol. The number of benzene rings is 1. The van der Waals surface area contributed by atoms with Crippen molar-refractivity contribution >= 4 is 11.5 Å². The topological polar surface area (TPSA) is 39.9 Å². The van der Waals surface area contributed by atoms with Crippen LogP contribution in [-0.4, -0.2) is 11.5 Å². The Hall–Kier alpha value is -2.41. The van der Waals surface area contributed by atoms with E-state index in [4.69, 9.17) is 5.26 Å². The molecule has 0 saturated carbocycles. The number of hydrogen-bond acceptors (Lipinski definition) is 3. The van der Waals surface area contributed by atoms with Gasteiger partial charge in [0.05, 0.1) is 5.56 Å². The first kappa shape index (κ1) is 12.1. The lowest BCUT2D eigenvalue weighted by Crippen LogP contribution is -2.18. The molecule has 0 spiro atoms. The van der Waals surface area contributed by atoms with Crippen LogP contribution in [0.3, 0.4) is 0 Å². The minimum Gasteiger partial charge on any atom is -0.326 e. The molecule has 1 aromatic carbocycles. The summed E-state index contributed by atoms with van der Waals surface area (Å²) in [6, 6.07) is 11.7. The summed E-state index contributed by atoms with van der Waals surface area (Å²) in [4.78, 5) is 6.10. The maximum absolute atomic E-state index is 12.9. The number of halogens is 1. The van der Waals surface area contributed by atoms with E-state index >= 15 is 0 Å². The summed E-state index contributed by atoms with van der Waals surface area (Å²) in [6.45, 7) is 2.61. The summed E-state index contributed by atoms with van der Waals surface area (Å²) in [6.07, 6.45) is 1.64. The van der Waals surface area contributed by atoms with Gasteiger partial charge in [-0.2, -0.15) is 5.26 Å². The number of hydrogen-bond donors (Lipinski definition) is 0. The van der Waals surface area contributed by atoms with Crippen LogP contribution in [-0.2, 0) is 0 Å². The van der Waals surface area contributed by atoms with Crippen molar-refractivity contribution in [3.63, 3.8) is 0 Å². The number of rotatable bonds is 3. The van der Waals surface area contributed by atoms with Gasteiger partial charge < -0.3 is 4.90 Å². The van der Waals surface area contributed by atoms with Crippen LogP contribution < -0.4 is 4.90 Å². The fraction of sp³-hybridized carbons (Fsp3) is 0.143. The molecule has 0 bridgehead atoms. The van der Waals surface area contributed by atoms with Crippen LogP contribution in [0.5, 0.6) is 0 Å². The summed E-state index contributed by atoms with van der Waals surface area (Å²) in [5, 5.41) is 9.08. The lowest BCUT2D eigenvalue weighted by Gasteiger charge is -2.22. The quantitative estimate of drug-likeness (QED) is 0.828. The maximum atomic E-state index is 12.9. The van der Waals surface area contributed by atoms with Gasteiger partial charge in [-0.3, -0.25) is 0 Å². The molecule has 18 heavy (non-hydrogen) atoms. The van der Waals surface area contributed by atoms with Gasteiger partial charge in [0.15, 0.2) is 5.82 Å². The lowest BCUT2D eigenvalue weighted by molar-refractivity contribution is 0.628. The van der Waals surface area contributed by atoms with Crippen molar-refractivity contribution < 1.29 is 4.39 Å². The number of nitriles is 1. The molecule has 1 aromatic heterocycles. The third-order valence-corrected chi connectivity index (χ3v) is 2.62. The van der Waals surface area contributed by atoms with Gasteiger partial charge in [0.25, 0.3) is 0 Å². The van der Waals surface area contributed by atoms with E-state index in [2.05, 4.69) is 11.1 Å². The number of aromatic nitrogens is 1. The van der Waals surface area contributed by atoms with Gasteiger partial charge in [0, 0.05) is 18.4 Å². The molecule has 0 N–H and O–H groups in total. The fourth-order valence-corrected chi connectivity index (χ4v) is 1.77. The van der Waals surface area contributed by atoms with Gasteiger partial charge in [0.1, 0.15) is 11.9 Å². The Bertz CT molecular complexity index is 572. The Morgan fingerprint density at radius 2 is 2.00 bits per heavy atom. The Morgan fingerprint density at radius 3 is 2.61 bits per heavy atom. The molecule has 0 saturated heterocycles. The summed E-state index contributed by atoms with van der Waals surface area (Å²) in [5.74, 6) is 0.311. The minimum absolute atomic E-state index is 0.281. The molecule has 0 fully saturated rings. The molecule has 90 valence electrons. The normalized spacial score (nSPS) is 9.83. The van der Waals surface area contributed by atoms with E-state index < -0.39 is 0 Å². The highest BCUT2D eigenvalue weighted by atomic mass is 19.1. The van der Waals surface area contributed by atoms with Crippen LogP contribution in [0.1, 0.15) is 12.5 Å². The SMILES string of the molecule is CCN(c1ccc(F)cc1)c1ncccc1C#N. The summed E-state index contributed by atoms with van der Waals surface area (Å²) < 4.78 is 12.9. The summed E-state index contributed by atoms with van der Waals surface area (Å²) >= 11 is 0. The first-order valence-corrected chi connectivity index (χ1v) is 5.64. The van der Waals surface area contributed by atoms with E-state index in [-0.39, 0.29) is 5.82 Å². The largest absolute Gasteiger partial charge is 0.326 e. The smallest absolute Gasteiger partial charge is 0.150 e. The van der Waals surface area contributed by atoms with Gasteiger partial charge in [0.2, 0.25) is 0 Å². The second-order valence-corrected chi connectivity index (χ2v) is 3.71. The first-order chi connectivity index (χ1) is 8.76. The van der Waals surface area contributed by atoms with E-state index in [0.717, 1.165) is 5.69 Å². The Kier molecular flexibility index (Phi) is 3.54. The van der Waals surface area contributed by atoms with Crippen molar-refractivity contribution in [1.82, 2.24) is 4.98 Å². The highest BCUT2D eigenvalue weighted by molar-refractivity contribution is 5.65. The summed E-state index contributed by atoms with van der Waals surface area (Å²) in [5.41, 5.74) is 1.32. The molecular formula is C14H12FN3. The van der Waals surface area contributed by atoms with Gasteiger partial charge in [-0.15, -0.1) is 0 Å². The van der Waals surface area contributed by atoms with E-state index in [9.17, 15) is 4.39 Å².